The first-order valence-electron chi connectivity index (χ1n) is 5.03. The van der Waals surface area contributed by atoms with Gasteiger partial charge in [-0.3, -0.25) is 0 Å². The van der Waals surface area contributed by atoms with E-state index in [2.05, 4.69) is 6.55 Å². The van der Waals surface area contributed by atoms with Gasteiger partial charge in [0.05, 0.1) is 14.7 Å². The Labute approximate surface area is 82.6 Å². The highest BCUT2D eigenvalue weighted by molar-refractivity contribution is 6.37. The van der Waals surface area contributed by atoms with Gasteiger partial charge in [0.15, 0.2) is 0 Å². The summed E-state index contributed by atoms with van der Waals surface area (Å²) in [7, 11) is -0.0398. The summed E-state index contributed by atoms with van der Waals surface area (Å²) in [4.78, 5) is 0. The van der Waals surface area contributed by atoms with Gasteiger partial charge in [-0.1, -0.05) is 6.55 Å². The summed E-state index contributed by atoms with van der Waals surface area (Å²) in [5.41, 5.74) is 0. The molecule has 0 aromatic rings. The van der Waals surface area contributed by atoms with Crippen LogP contribution in [0, 0.1) is 0 Å². The third-order valence-electron chi connectivity index (χ3n) is 2.85. The molecule has 0 aliphatic carbocycles. The maximum atomic E-state index is 5.92. The van der Waals surface area contributed by atoms with E-state index < -0.39 is 0 Å². The van der Waals surface area contributed by atoms with Crippen molar-refractivity contribution in [2.75, 3.05) is 12.5 Å². The Kier molecular flexibility index (Phi) is 4.62. The van der Waals surface area contributed by atoms with Crippen molar-refractivity contribution in [2.24, 2.45) is 0 Å². The van der Waals surface area contributed by atoms with Crippen molar-refractivity contribution in [3.8, 4) is 0 Å². The van der Waals surface area contributed by atoms with Crippen molar-refractivity contribution >= 4 is 21.1 Å². The average Bonchev–Trinajstić information content (AvgIpc) is 2.16. The molecule has 1 heterocycles. The lowest BCUT2D eigenvalue weighted by Crippen LogP contribution is -2.41. The van der Waals surface area contributed by atoms with E-state index in [1.807, 2.05) is 0 Å². The minimum absolute atomic E-state index is 0.0398. The van der Waals surface area contributed by atoms with Crippen molar-refractivity contribution in [1.29, 1.82) is 0 Å². The Bertz CT molecular complexity index is 124. The van der Waals surface area contributed by atoms with Gasteiger partial charge in [0.2, 0.25) is 0 Å². The highest BCUT2D eigenvalue weighted by Crippen LogP contribution is 2.28. The molecule has 1 nitrogen and oxygen atoms in total. The fourth-order valence-electron chi connectivity index (χ4n) is 1.95. The highest BCUT2D eigenvalue weighted by Gasteiger charge is 2.30. The van der Waals surface area contributed by atoms with Gasteiger partial charge >= 0.3 is 0 Å². The lowest BCUT2D eigenvalue weighted by Gasteiger charge is -2.36. The van der Waals surface area contributed by atoms with E-state index in [1.165, 1.54) is 25.7 Å². The Morgan fingerprint density at radius 1 is 1.50 bits per heavy atom. The van der Waals surface area contributed by atoms with Crippen LogP contribution in [0.5, 0.6) is 0 Å². The van der Waals surface area contributed by atoms with E-state index in [0.29, 0.717) is 5.22 Å². The van der Waals surface area contributed by atoms with Crippen LogP contribution in [0.3, 0.4) is 0 Å². The van der Waals surface area contributed by atoms with Gasteiger partial charge in [-0.25, -0.2) is 0 Å². The predicted molar refractivity (Wildman–Crippen MR) is 56.9 cm³/mol. The molecule has 0 aromatic heterocycles. The molecular formula is C9H19ClOSi. The maximum absolute atomic E-state index is 5.92. The molecule has 1 aliphatic heterocycles. The van der Waals surface area contributed by atoms with Gasteiger partial charge < -0.3 is 4.74 Å². The van der Waals surface area contributed by atoms with E-state index in [-0.39, 0.29) is 9.52 Å². The Hall–Kier alpha value is 0.467. The van der Waals surface area contributed by atoms with Crippen LogP contribution >= 0.6 is 11.6 Å². The first-order valence-corrected chi connectivity index (χ1v) is 7.68. The molecule has 3 heteroatoms. The Morgan fingerprint density at radius 2 is 2.33 bits per heavy atom. The molecular weight excluding hydrogens is 188 g/mol. The van der Waals surface area contributed by atoms with Gasteiger partial charge in [-0.2, -0.15) is 0 Å². The van der Waals surface area contributed by atoms with Gasteiger partial charge in [-0.05, 0) is 32.1 Å². The summed E-state index contributed by atoms with van der Waals surface area (Å²) in [6.45, 7) is 3.35. The molecule has 0 N–H and O–H groups in total. The summed E-state index contributed by atoms with van der Waals surface area (Å²) in [6.07, 6.45) is 6.26. The molecule has 0 amide bonds. The van der Waals surface area contributed by atoms with Crippen molar-refractivity contribution < 1.29 is 4.74 Å². The normalized spacial score (nSPS) is 31.5. The summed E-state index contributed by atoms with van der Waals surface area (Å²) in [5.74, 6) is 0.791. The number of hydrogen-bond acceptors (Lipinski definition) is 1. The van der Waals surface area contributed by atoms with Gasteiger partial charge in [0.1, 0.15) is 0 Å². The van der Waals surface area contributed by atoms with Crippen molar-refractivity contribution in [2.45, 2.75) is 43.9 Å². The van der Waals surface area contributed by atoms with E-state index in [4.69, 9.17) is 16.3 Å². The zero-order chi connectivity index (χ0) is 8.86. The van der Waals surface area contributed by atoms with Crippen molar-refractivity contribution in [1.82, 2.24) is 0 Å². The molecule has 1 saturated heterocycles. The van der Waals surface area contributed by atoms with Crippen LogP contribution in [0.2, 0.25) is 6.55 Å². The number of halogens is 1. The molecule has 0 spiro atoms. The first-order chi connectivity index (χ1) is 5.83. The number of ether oxygens (including phenoxy) is 1. The van der Waals surface area contributed by atoms with Crippen LogP contribution in [-0.2, 0) is 4.74 Å². The molecule has 0 radical (unpaired) electrons. The minimum atomic E-state index is -0.0398. The third kappa shape index (κ3) is 2.75. The van der Waals surface area contributed by atoms with Crippen molar-refractivity contribution in [3.05, 3.63) is 0 Å². The van der Waals surface area contributed by atoms with Gasteiger partial charge in [-0.15, -0.1) is 11.6 Å². The second kappa shape index (κ2) is 5.25. The largest absolute Gasteiger partial charge is 0.379 e. The fourth-order valence-corrected chi connectivity index (χ4v) is 3.64. The van der Waals surface area contributed by atoms with Crippen LogP contribution in [0.4, 0.5) is 0 Å². The molecule has 12 heavy (non-hydrogen) atoms. The van der Waals surface area contributed by atoms with Crippen LogP contribution in [0.25, 0.3) is 0 Å². The summed E-state index contributed by atoms with van der Waals surface area (Å²) in [6, 6.07) is 0. The topological polar surface area (TPSA) is 9.23 Å². The molecule has 0 saturated carbocycles. The molecule has 1 aliphatic rings. The summed E-state index contributed by atoms with van der Waals surface area (Å²) < 4.78 is 5.92. The van der Waals surface area contributed by atoms with Crippen molar-refractivity contribution in [3.63, 3.8) is 0 Å². The molecule has 0 aromatic carbocycles. The molecule has 1 fully saturated rings. The third-order valence-corrected chi connectivity index (χ3v) is 5.31. The highest BCUT2D eigenvalue weighted by atomic mass is 35.5. The van der Waals surface area contributed by atoms with Crippen LogP contribution in [0.15, 0.2) is 0 Å². The van der Waals surface area contributed by atoms with Gasteiger partial charge in [0, 0.05) is 12.5 Å². The van der Waals surface area contributed by atoms with Gasteiger partial charge in [0.25, 0.3) is 0 Å². The number of alkyl halides is 1. The smallest absolute Gasteiger partial charge is 0.0564 e. The van der Waals surface area contributed by atoms with E-state index in [9.17, 15) is 0 Å². The van der Waals surface area contributed by atoms with Crippen LogP contribution in [0.1, 0.15) is 32.1 Å². The predicted octanol–water partition coefficient (Wildman–Crippen LogP) is 2.12. The molecule has 72 valence electrons. The second-order valence-corrected chi connectivity index (χ2v) is 6.01. The average molecular weight is 207 g/mol. The fraction of sp³-hybridized carbons (Fsp3) is 1.00. The molecule has 1 atom stereocenters. The van der Waals surface area contributed by atoms with E-state index >= 15 is 0 Å². The standard InChI is InChI=1S/C9H19ClOSi/c1-12-9(6-4-7-10)5-2-3-8-11-9/h2-8,12H2,1H3. The maximum Gasteiger partial charge on any atom is 0.0564 e. The number of rotatable bonds is 4. The quantitative estimate of drug-likeness (QED) is 0.506. The first kappa shape index (κ1) is 10.5. The zero-order valence-corrected chi connectivity index (χ0v) is 10.1. The zero-order valence-electron chi connectivity index (χ0n) is 7.94. The molecule has 0 bridgehead atoms. The SMILES string of the molecule is C[SiH2]C1(CCCCl)CCCCO1. The van der Waals surface area contributed by atoms with E-state index in [1.54, 1.807) is 0 Å². The van der Waals surface area contributed by atoms with Crippen LogP contribution in [-0.4, -0.2) is 27.2 Å². The lowest BCUT2D eigenvalue weighted by atomic mass is 10.0. The summed E-state index contributed by atoms with van der Waals surface area (Å²) in [5, 5.41) is 0.327. The van der Waals surface area contributed by atoms with Crippen LogP contribution < -0.4 is 0 Å². The Morgan fingerprint density at radius 3 is 2.83 bits per heavy atom. The number of hydrogen-bond donors (Lipinski definition) is 0. The summed E-state index contributed by atoms with van der Waals surface area (Å²) >= 11 is 5.70. The Balaban J connectivity index is 2.37. The monoisotopic (exact) mass is 206 g/mol. The van der Waals surface area contributed by atoms with E-state index in [0.717, 1.165) is 18.9 Å². The second-order valence-electron chi connectivity index (χ2n) is 3.63. The lowest BCUT2D eigenvalue weighted by molar-refractivity contribution is -0.0252. The molecule has 1 rings (SSSR count). The molecule has 1 unspecified atom stereocenters. The minimum Gasteiger partial charge on any atom is -0.379 e.